The number of carbonyl (C=O) groups is 3. The zero-order valence-electron chi connectivity index (χ0n) is 16.3. The van der Waals surface area contributed by atoms with Crippen molar-refractivity contribution < 1.29 is 23.9 Å². The number of fused-ring (bicyclic) bond motifs is 1. The molecule has 1 amide bonds. The van der Waals surface area contributed by atoms with Gasteiger partial charge in [-0.05, 0) is 50.2 Å². The second-order valence-corrected chi connectivity index (χ2v) is 6.51. The Labute approximate surface area is 167 Å². The third kappa shape index (κ3) is 4.76. The maximum absolute atomic E-state index is 12.4. The summed E-state index contributed by atoms with van der Waals surface area (Å²) >= 11 is 0. The van der Waals surface area contributed by atoms with Gasteiger partial charge in [0, 0.05) is 11.1 Å². The number of aryl methyl sites for hydroxylation is 2. The predicted molar refractivity (Wildman–Crippen MR) is 108 cm³/mol. The summed E-state index contributed by atoms with van der Waals surface area (Å²) in [4.78, 5) is 40.5. The number of amides is 1. The molecule has 0 radical (unpaired) electrons. The lowest BCUT2D eigenvalue weighted by Crippen LogP contribution is -2.21. The number of hydrogen-bond acceptors (Lipinski definition) is 6. The fraction of sp³-hybridized carbons (Fsp3) is 0.182. The summed E-state index contributed by atoms with van der Waals surface area (Å²) in [7, 11) is 1.28. The number of ether oxygens (including phenoxy) is 2. The van der Waals surface area contributed by atoms with Crippen LogP contribution in [0, 0.1) is 13.8 Å². The Morgan fingerprint density at radius 2 is 1.79 bits per heavy atom. The predicted octanol–water partition coefficient (Wildman–Crippen LogP) is 3.43. The molecule has 0 spiro atoms. The summed E-state index contributed by atoms with van der Waals surface area (Å²) in [6.07, 6.45) is 0. The van der Waals surface area contributed by atoms with E-state index in [2.05, 4.69) is 15.0 Å². The molecule has 3 rings (SSSR count). The molecule has 29 heavy (non-hydrogen) atoms. The van der Waals surface area contributed by atoms with E-state index in [1.54, 1.807) is 31.2 Å². The number of aromatic nitrogens is 1. The van der Waals surface area contributed by atoms with Gasteiger partial charge in [0.25, 0.3) is 5.91 Å². The first-order valence-electron chi connectivity index (χ1n) is 8.91. The molecule has 3 aromatic rings. The molecule has 0 fully saturated rings. The van der Waals surface area contributed by atoms with Gasteiger partial charge in [-0.25, -0.2) is 9.59 Å². The lowest BCUT2D eigenvalue weighted by atomic mass is 10.1. The molecule has 1 aromatic heterocycles. The van der Waals surface area contributed by atoms with Gasteiger partial charge >= 0.3 is 11.9 Å². The third-order valence-corrected chi connectivity index (χ3v) is 4.28. The van der Waals surface area contributed by atoms with E-state index < -0.39 is 24.5 Å². The van der Waals surface area contributed by atoms with Gasteiger partial charge in [-0.2, -0.15) is 0 Å². The van der Waals surface area contributed by atoms with Gasteiger partial charge < -0.3 is 14.8 Å². The zero-order chi connectivity index (χ0) is 21.0. The van der Waals surface area contributed by atoms with Crippen molar-refractivity contribution in [1.29, 1.82) is 0 Å². The summed E-state index contributed by atoms with van der Waals surface area (Å²) in [5.41, 5.74) is 3.37. The Morgan fingerprint density at radius 1 is 1.00 bits per heavy atom. The lowest BCUT2D eigenvalue weighted by Gasteiger charge is -2.10. The lowest BCUT2D eigenvalue weighted by molar-refractivity contribution is -0.119. The van der Waals surface area contributed by atoms with Crippen molar-refractivity contribution in [1.82, 2.24) is 4.98 Å². The van der Waals surface area contributed by atoms with Crippen LogP contribution in [0.5, 0.6) is 0 Å². The number of rotatable bonds is 5. The average molecular weight is 392 g/mol. The third-order valence-electron chi connectivity index (χ3n) is 4.28. The van der Waals surface area contributed by atoms with Crippen LogP contribution in [0.4, 0.5) is 5.69 Å². The van der Waals surface area contributed by atoms with Gasteiger partial charge in [0.05, 0.1) is 29.4 Å². The van der Waals surface area contributed by atoms with E-state index >= 15 is 0 Å². The molecule has 1 heterocycles. The van der Waals surface area contributed by atoms with Gasteiger partial charge in [-0.15, -0.1) is 0 Å². The molecule has 0 unspecified atom stereocenters. The van der Waals surface area contributed by atoms with E-state index in [4.69, 9.17) is 4.74 Å². The molecule has 0 bridgehead atoms. The Hall–Kier alpha value is -3.74. The minimum Gasteiger partial charge on any atom is -0.465 e. The molecule has 2 aromatic carbocycles. The number of methoxy groups -OCH3 is 1. The topological polar surface area (TPSA) is 94.6 Å². The van der Waals surface area contributed by atoms with Crippen LogP contribution >= 0.6 is 0 Å². The fourth-order valence-electron chi connectivity index (χ4n) is 2.85. The van der Waals surface area contributed by atoms with E-state index in [1.807, 2.05) is 25.1 Å². The number of esters is 2. The fourth-order valence-corrected chi connectivity index (χ4v) is 2.85. The Morgan fingerprint density at radius 3 is 2.55 bits per heavy atom. The molecule has 0 aliphatic heterocycles. The number of carbonyl (C=O) groups excluding carboxylic acids is 3. The first kappa shape index (κ1) is 20.0. The second-order valence-electron chi connectivity index (χ2n) is 6.51. The number of nitrogens with zero attached hydrogens (tertiary/aromatic N) is 1. The molecular formula is C22H20N2O5. The summed E-state index contributed by atoms with van der Waals surface area (Å²) in [5.74, 6) is -1.67. The molecular weight excluding hydrogens is 372 g/mol. The van der Waals surface area contributed by atoms with E-state index in [9.17, 15) is 14.4 Å². The number of pyridine rings is 1. The maximum Gasteiger partial charge on any atom is 0.340 e. The molecule has 148 valence electrons. The Balaban J connectivity index is 1.66. The SMILES string of the molecule is COC(=O)c1cccc(NC(=O)COC(=O)c2cc3cc(C)ccc3nc2C)c1. The highest BCUT2D eigenvalue weighted by atomic mass is 16.5. The van der Waals surface area contributed by atoms with Crippen molar-refractivity contribution in [3.8, 4) is 0 Å². The van der Waals surface area contributed by atoms with Crippen molar-refractivity contribution in [2.75, 3.05) is 19.0 Å². The second kappa shape index (κ2) is 8.52. The molecule has 0 saturated carbocycles. The van der Waals surface area contributed by atoms with E-state index in [0.717, 1.165) is 16.5 Å². The number of benzene rings is 2. The zero-order valence-corrected chi connectivity index (χ0v) is 16.3. The summed E-state index contributed by atoms with van der Waals surface area (Å²) in [6, 6.07) is 13.8. The number of nitrogens with one attached hydrogen (secondary N) is 1. The maximum atomic E-state index is 12.4. The molecule has 7 nitrogen and oxygen atoms in total. The minimum absolute atomic E-state index is 0.301. The number of hydrogen-bond donors (Lipinski definition) is 1. The van der Waals surface area contributed by atoms with Crippen molar-refractivity contribution in [3.63, 3.8) is 0 Å². The van der Waals surface area contributed by atoms with Crippen molar-refractivity contribution in [3.05, 3.63) is 70.9 Å². The smallest absolute Gasteiger partial charge is 0.340 e. The summed E-state index contributed by atoms with van der Waals surface area (Å²) in [5, 5.41) is 3.41. The minimum atomic E-state index is -0.628. The van der Waals surface area contributed by atoms with Crippen LogP contribution in [-0.4, -0.2) is 36.5 Å². The standard InChI is InChI=1S/C22H20N2O5/c1-13-7-8-19-16(9-13)11-18(14(2)23-19)22(27)29-12-20(25)24-17-6-4-5-15(10-17)21(26)28-3/h4-11H,12H2,1-3H3,(H,24,25). The molecule has 0 aliphatic rings. The average Bonchev–Trinajstić information content (AvgIpc) is 2.71. The van der Waals surface area contributed by atoms with Gasteiger partial charge in [0.1, 0.15) is 0 Å². The monoisotopic (exact) mass is 392 g/mol. The molecule has 1 N–H and O–H groups in total. The van der Waals surface area contributed by atoms with Gasteiger partial charge in [-0.1, -0.05) is 17.7 Å². The van der Waals surface area contributed by atoms with Gasteiger partial charge in [0.15, 0.2) is 6.61 Å². The Bertz CT molecular complexity index is 1110. The van der Waals surface area contributed by atoms with Gasteiger partial charge in [0.2, 0.25) is 0 Å². The highest BCUT2D eigenvalue weighted by Gasteiger charge is 2.15. The molecule has 0 saturated heterocycles. The first-order valence-corrected chi connectivity index (χ1v) is 8.91. The van der Waals surface area contributed by atoms with E-state index in [-0.39, 0.29) is 0 Å². The van der Waals surface area contributed by atoms with E-state index in [1.165, 1.54) is 13.2 Å². The van der Waals surface area contributed by atoms with Crippen molar-refractivity contribution in [2.45, 2.75) is 13.8 Å². The highest BCUT2D eigenvalue weighted by molar-refractivity contribution is 5.98. The first-order chi connectivity index (χ1) is 13.9. The van der Waals surface area contributed by atoms with Crippen molar-refractivity contribution in [2.24, 2.45) is 0 Å². The molecule has 0 atom stereocenters. The van der Waals surface area contributed by atoms with Crippen LogP contribution in [0.2, 0.25) is 0 Å². The quantitative estimate of drug-likeness (QED) is 0.669. The van der Waals surface area contributed by atoms with Crippen LogP contribution in [0.25, 0.3) is 10.9 Å². The largest absolute Gasteiger partial charge is 0.465 e. The van der Waals surface area contributed by atoms with Gasteiger partial charge in [-0.3, -0.25) is 9.78 Å². The van der Waals surface area contributed by atoms with Crippen LogP contribution in [0.1, 0.15) is 32.0 Å². The van der Waals surface area contributed by atoms with Crippen molar-refractivity contribution >= 4 is 34.4 Å². The highest BCUT2D eigenvalue weighted by Crippen LogP contribution is 2.19. The summed E-state index contributed by atoms with van der Waals surface area (Å²) < 4.78 is 9.78. The normalized spacial score (nSPS) is 10.4. The van der Waals surface area contributed by atoms with Crippen LogP contribution in [-0.2, 0) is 14.3 Å². The summed E-state index contributed by atoms with van der Waals surface area (Å²) in [6.45, 7) is 3.21. The van der Waals surface area contributed by atoms with E-state index in [0.29, 0.717) is 22.5 Å². The van der Waals surface area contributed by atoms with Crippen LogP contribution in [0.3, 0.4) is 0 Å². The molecule has 7 heteroatoms. The number of anilines is 1. The van der Waals surface area contributed by atoms with Crippen LogP contribution in [0.15, 0.2) is 48.5 Å². The van der Waals surface area contributed by atoms with Crippen LogP contribution < -0.4 is 5.32 Å². The molecule has 0 aliphatic carbocycles. The Kier molecular flexibility index (Phi) is 5.87.